The third-order valence-electron chi connectivity index (χ3n) is 3.40. The molecule has 2 aromatic carbocycles. The highest BCUT2D eigenvalue weighted by Crippen LogP contribution is 2.15. The first-order valence-electron chi connectivity index (χ1n) is 7.17. The summed E-state index contributed by atoms with van der Waals surface area (Å²) in [7, 11) is 0. The number of hydrazone groups is 1. The zero-order valence-electron chi connectivity index (χ0n) is 12.8. The minimum atomic E-state index is -0.202. The van der Waals surface area contributed by atoms with Crippen LogP contribution in [0.4, 0.5) is 5.69 Å². The smallest absolute Gasteiger partial charge is 0.280 e. The van der Waals surface area contributed by atoms with Gasteiger partial charge in [0.15, 0.2) is 0 Å². The van der Waals surface area contributed by atoms with E-state index in [1.54, 1.807) is 36.4 Å². The average molecular weight is 361 g/mol. The van der Waals surface area contributed by atoms with Crippen molar-refractivity contribution in [2.24, 2.45) is 5.10 Å². The van der Waals surface area contributed by atoms with E-state index in [-0.39, 0.29) is 5.56 Å². The maximum absolute atomic E-state index is 12.5. The number of aromatic amines is 1. The summed E-state index contributed by atoms with van der Waals surface area (Å²) in [5, 5.41) is 8.29. The Morgan fingerprint density at radius 1 is 1.12 bits per heavy atom. The molecule has 1 heterocycles. The Balaban J connectivity index is 1.87. The third kappa shape index (κ3) is 3.53. The van der Waals surface area contributed by atoms with Crippen molar-refractivity contribution in [2.45, 2.75) is 6.92 Å². The highest BCUT2D eigenvalue weighted by molar-refractivity contribution is 6.31. The maximum atomic E-state index is 12.5. The number of aromatic nitrogens is 2. The monoisotopic (exact) mass is 360 g/mol. The summed E-state index contributed by atoms with van der Waals surface area (Å²) in [6.07, 6.45) is 1.48. The van der Waals surface area contributed by atoms with E-state index in [1.165, 1.54) is 10.9 Å². The number of anilines is 1. The van der Waals surface area contributed by atoms with Crippen LogP contribution in [-0.2, 0) is 0 Å². The molecule has 0 bridgehead atoms. The molecule has 0 saturated carbocycles. The number of nitrogens with zero attached hydrogens (tertiary/aromatic N) is 2. The van der Waals surface area contributed by atoms with Crippen LogP contribution in [0.25, 0.3) is 5.69 Å². The lowest BCUT2D eigenvalue weighted by Crippen LogP contribution is -2.17. The van der Waals surface area contributed by atoms with E-state index < -0.39 is 0 Å². The van der Waals surface area contributed by atoms with Crippen molar-refractivity contribution < 1.29 is 0 Å². The maximum Gasteiger partial charge on any atom is 0.280 e. The molecular formula is C17H14Cl2N4O. The molecule has 0 spiro atoms. The summed E-state index contributed by atoms with van der Waals surface area (Å²) in [6.45, 7) is 1.81. The fourth-order valence-corrected chi connectivity index (χ4v) is 2.61. The van der Waals surface area contributed by atoms with Crippen LogP contribution >= 0.6 is 23.2 Å². The molecule has 5 nitrogen and oxygen atoms in total. The van der Waals surface area contributed by atoms with Crippen molar-refractivity contribution in [1.29, 1.82) is 0 Å². The number of aryl methyl sites for hydroxylation is 1. The summed E-state index contributed by atoms with van der Waals surface area (Å²) >= 11 is 11.9. The molecule has 0 aliphatic carbocycles. The molecule has 0 unspecified atom stereocenters. The van der Waals surface area contributed by atoms with E-state index >= 15 is 0 Å². The highest BCUT2D eigenvalue weighted by Gasteiger charge is 2.10. The van der Waals surface area contributed by atoms with Crippen LogP contribution in [0.3, 0.4) is 0 Å². The van der Waals surface area contributed by atoms with Crippen LogP contribution in [0.2, 0.25) is 10.0 Å². The minimum Gasteiger partial charge on any atom is -0.295 e. The minimum absolute atomic E-state index is 0.202. The van der Waals surface area contributed by atoms with Gasteiger partial charge in [-0.2, -0.15) is 5.10 Å². The first-order valence-corrected chi connectivity index (χ1v) is 7.92. The molecule has 3 aromatic rings. The van der Waals surface area contributed by atoms with E-state index in [1.807, 2.05) is 19.1 Å². The predicted molar refractivity (Wildman–Crippen MR) is 98.8 cm³/mol. The first kappa shape index (κ1) is 16.4. The van der Waals surface area contributed by atoms with Crippen LogP contribution in [0.15, 0.2) is 58.4 Å². The molecule has 3 rings (SSSR count). The normalized spacial score (nSPS) is 11.1. The molecule has 1 aromatic heterocycles. The molecule has 0 amide bonds. The van der Waals surface area contributed by atoms with E-state index in [9.17, 15) is 4.79 Å². The van der Waals surface area contributed by atoms with Crippen molar-refractivity contribution >= 4 is 35.1 Å². The summed E-state index contributed by atoms with van der Waals surface area (Å²) < 4.78 is 1.43. The number of hydrogen-bond donors (Lipinski definition) is 2. The Bertz CT molecular complexity index is 959. The fraction of sp³-hybridized carbons (Fsp3) is 0.0588. The summed E-state index contributed by atoms with van der Waals surface area (Å²) in [6, 6.07) is 14.2. The highest BCUT2D eigenvalue weighted by atomic mass is 35.5. The standard InChI is InChI=1S/C17H14Cl2N4O/c1-11-16(10-20-21-14-6-2-4-12(18)8-14)17(24)23(22-11)15-7-3-5-13(19)9-15/h2-10,21-22H,1H3/b20-10+. The lowest BCUT2D eigenvalue weighted by atomic mass is 10.3. The van der Waals surface area contributed by atoms with E-state index in [2.05, 4.69) is 15.6 Å². The van der Waals surface area contributed by atoms with Gasteiger partial charge in [-0.1, -0.05) is 35.3 Å². The molecule has 2 N–H and O–H groups in total. The van der Waals surface area contributed by atoms with E-state index in [4.69, 9.17) is 23.2 Å². The SMILES string of the molecule is Cc1[nH]n(-c2cccc(Cl)c2)c(=O)c1/C=N/Nc1cccc(Cl)c1. The van der Waals surface area contributed by atoms with Gasteiger partial charge >= 0.3 is 0 Å². The van der Waals surface area contributed by atoms with Gasteiger partial charge in [-0.15, -0.1) is 0 Å². The van der Waals surface area contributed by atoms with E-state index in [0.29, 0.717) is 27.0 Å². The lowest BCUT2D eigenvalue weighted by Gasteiger charge is -2.01. The van der Waals surface area contributed by atoms with Crippen LogP contribution < -0.4 is 11.0 Å². The number of halogens is 2. The topological polar surface area (TPSA) is 62.2 Å². The molecule has 122 valence electrons. The van der Waals surface area contributed by atoms with Crippen LogP contribution in [0.1, 0.15) is 11.3 Å². The molecule has 24 heavy (non-hydrogen) atoms. The van der Waals surface area contributed by atoms with Gasteiger partial charge in [0.2, 0.25) is 0 Å². The van der Waals surface area contributed by atoms with Gasteiger partial charge < -0.3 is 0 Å². The number of hydrogen-bond acceptors (Lipinski definition) is 3. The average Bonchev–Trinajstić information content (AvgIpc) is 2.83. The van der Waals surface area contributed by atoms with Gasteiger partial charge in [0.05, 0.1) is 23.2 Å². The Morgan fingerprint density at radius 3 is 2.54 bits per heavy atom. The second kappa shape index (κ2) is 6.95. The number of rotatable bonds is 4. The quantitative estimate of drug-likeness (QED) is 0.540. The zero-order chi connectivity index (χ0) is 17.1. The second-order valence-electron chi connectivity index (χ2n) is 5.15. The second-order valence-corrected chi connectivity index (χ2v) is 6.02. The molecule has 0 aliphatic rings. The fourth-order valence-electron chi connectivity index (χ4n) is 2.24. The van der Waals surface area contributed by atoms with Crippen molar-refractivity contribution in [3.8, 4) is 5.69 Å². The van der Waals surface area contributed by atoms with Crippen molar-refractivity contribution in [3.63, 3.8) is 0 Å². The summed E-state index contributed by atoms with van der Waals surface area (Å²) in [4.78, 5) is 12.5. The molecule has 0 atom stereocenters. The Morgan fingerprint density at radius 2 is 1.83 bits per heavy atom. The Labute approximate surface area is 148 Å². The van der Waals surface area contributed by atoms with E-state index in [0.717, 1.165) is 5.69 Å². The van der Waals surface area contributed by atoms with Crippen LogP contribution in [-0.4, -0.2) is 16.0 Å². The largest absolute Gasteiger partial charge is 0.295 e. The zero-order valence-corrected chi connectivity index (χ0v) is 14.3. The van der Waals surface area contributed by atoms with Crippen LogP contribution in [0.5, 0.6) is 0 Å². The molecule has 0 saturated heterocycles. The van der Waals surface area contributed by atoms with Crippen LogP contribution in [0, 0.1) is 6.92 Å². The molecule has 0 aliphatic heterocycles. The number of nitrogens with one attached hydrogen (secondary N) is 2. The molecule has 7 heteroatoms. The number of H-pyrrole nitrogens is 1. The predicted octanol–water partition coefficient (Wildman–Crippen LogP) is 4.23. The Kier molecular flexibility index (Phi) is 4.74. The first-order chi connectivity index (χ1) is 11.5. The van der Waals surface area contributed by atoms with Crippen molar-refractivity contribution in [1.82, 2.24) is 9.78 Å². The van der Waals surface area contributed by atoms with Gasteiger partial charge in [-0.05, 0) is 43.3 Å². The van der Waals surface area contributed by atoms with Gasteiger partial charge in [0.25, 0.3) is 5.56 Å². The summed E-state index contributed by atoms with van der Waals surface area (Å²) in [5.74, 6) is 0. The van der Waals surface area contributed by atoms with Crippen molar-refractivity contribution in [3.05, 3.63) is 80.2 Å². The van der Waals surface area contributed by atoms with Crippen molar-refractivity contribution in [2.75, 3.05) is 5.43 Å². The lowest BCUT2D eigenvalue weighted by molar-refractivity contribution is 0.835. The summed E-state index contributed by atoms with van der Waals surface area (Å²) in [5.41, 5.74) is 5.22. The van der Waals surface area contributed by atoms with Gasteiger partial charge in [-0.25, -0.2) is 4.68 Å². The number of benzene rings is 2. The van der Waals surface area contributed by atoms with Gasteiger partial charge in [0.1, 0.15) is 0 Å². The molecule has 0 radical (unpaired) electrons. The molecular weight excluding hydrogens is 347 g/mol. The Hall–Kier alpha value is -2.50. The molecule has 0 fully saturated rings. The van der Waals surface area contributed by atoms with Gasteiger partial charge in [-0.3, -0.25) is 15.3 Å². The third-order valence-corrected chi connectivity index (χ3v) is 3.87. The van der Waals surface area contributed by atoms with Gasteiger partial charge in [0, 0.05) is 15.7 Å².